The number of aryl methyl sites for hydroxylation is 1. The smallest absolute Gasteiger partial charge is 0.175 e. The van der Waals surface area contributed by atoms with E-state index in [1.54, 1.807) is 12.3 Å². The quantitative estimate of drug-likeness (QED) is 0.924. The summed E-state index contributed by atoms with van der Waals surface area (Å²) in [6, 6.07) is 7.61. The van der Waals surface area contributed by atoms with Crippen LogP contribution in [0.3, 0.4) is 0 Å². The minimum absolute atomic E-state index is 0.573. The van der Waals surface area contributed by atoms with E-state index in [1.807, 2.05) is 18.2 Å². The second-order valence-electron chi connectivity index (χ2n) is 4.37. The largest absolute Gasteiger partial charge is 0.493 e. The predicted molar refractivity (Wildman–Crippen MR) is 70.7 cm³/mol. The van der Waals surface area contributed by atoms with Gasteiger partial charge in [-0.2, -0.15) is 0 Å². The molecule has 1 aliphatic heterocycles. The molecule has 3 nitrogen and oxygen atoms in total. The zero-order chi connectivity index (χ0) is 12.5. The van der Waals surface area contributed by atoms with Crippen LogP contribution >= 0.6 is 15.9 Å². The molecule has 0 aliphatic carbocycles. The lowest BCUT2D eigenvalue weighted by atomic mass is 9.98. The molecule has 0 amide bonds. The molecule has 0 saturated heterocycles. The molecule has 1 aromatic carbocycles. The lowest BCUT2D eigenvalue weighted by Crippen LogP contribution is -2.09. The number of ether oxygens (including phenoxy) is 1. The van der Waals surface area contributed by atoms with Gasteiger partial charge in [0.25, 0.3) is 0 Å². The van der Waals surface area contributed by atoms with Crippen molar-refractivity contribution in [2.45, 2.75) is 18.9 Å². The third-order valence-corrected chi connectivity index (χ3v) is 3.83. The molecule has 0 radical (unpaired) electrons. The maximum absolute atomic E-state index is 10.3. The monoisotopic (exact) mass is 308 g/mol. The lowest BCUT2D eigenvalue weighted by Gasteiger charge is -2.19. The van der Waals surface area contributed by atoms with Crippen LogP contribution in [0.4, 0.5) is 0 Å². The molecular weight excluding hydrogens is 296 g/mol. The van der Waals surface area contributed by atoms with E-state index >= 15 is 0 Å². The topological polar surface area (TPSA) is 42.6 Å². The summed E-state index contributed by atoms with van der Waals surface area (Å²) in [5.41, 5.74) is 2.77. The molecule has 1 unspecified atom stereocenters. The summed E-state index contributed by atoms with van der Waals surface area (Å²) >= 11 is 3.29. The second kappa shape index (κ2) is 4.78. The van der Waals surface area contributed by atoms with E-state index in [9.17, 15) is 5.11 Å². The summed E-state index contributed by atoms with van der Waals surface area (Å²) in [7, 11) is 0. The lowest BCUT2D eigenvalue weighted by molar-refractivity contribution is 0.217. The van der Waals surface area contributed by atoms with Gasteiger partial charge in [-0.25, -0.2) is 0 Å². The van der Waals surface area contributed by atoms with Gasteiger partial charge in [0.05, 0.1) is 12.9 Å². The van der Waals surface area contributed by atoms with E-state index in [0.29, 0.717) is 4.67 Å². The van der Waals surface area contributed by atoms with Gasteiger partial charge >= 0.3 is 0 Å². The fraction of sp³-hybridized carbons (Fsp3) is 0.286. The number of benzene rings is 1. The van der Waals surface area contributed by atoms with Crippen LogP contribution in [0.1, 0.15) is 29.2 Å². The van der Waals surface area contributed by atoms with Crippen molar-refractivity contribution in [2.24, 2.45) is 0 Å². The first-order valence-corrected chi connectivity index (χ1v) is 6.71. The van der Waals surface area contributed by atoms with Gasteiger partial charge in [-0.15, -0.1) is 0 Å². The molecule has 1 aromatic heterocycles. The normalized spacial score (nSPS) is 15.9. The minimum Gasteiger partial charge on any atom is -0.493 e. The van der Waals surface area contributed by atoms with E-state index in [-0.39, 0.29) is 0 Å². The van der Waals surface area contributed by atoms with Gasteiger partial charge in [-0.05, 0) is 58.1 Å². The number of aliphatic hydroxyl groups is 1. The highest BCUT2D eigenvalue weighted by Gasteiger charge is 2.18. The van der Waals surface area contributed by atoms with Crippen molar-refractivity contribution in [2.75, 3.05) is 6.61 Å². The maximum atomic E-state index is 10.3. The summed E-state index contributed by atoms with van der Waals surface area (Å²) in [6.45, 7) is 0.780. The van der Waals surface area contributed by atoms with Crippen molar-refractivity contribution in [3.8, 4) is 5.75 Å². The SMILES string of the molecule is OC(c1ccc2c(c1)CCCO2)c1ccoc1Br. The number of hydrogen-bond acceptors (Lipinski definition) is 3. The van der Waals surface area contributed by atoms with E-state index < -0.39 is 6.10 Å². The van der Waals surface area contributed by atoms with Crippen LogP contribution in [-0.4, -0.2) is 11.7 Å². The van der Waals surface area contributed by atoms with Gasteiger partial charge in [-0.1, -0.05) is 6.07 Å². The Morgan fingerprint density at radius 2 is 2.17 bits per heavy atom. The van der Waals surface area contributed by atoms with Crippen LogP contribution in [0.2, 0.25) is 0 Å². The first kappa shape index (κ1) is 11.8. The van der Waals surface area contributed by atoms with E-state index in [1.165, 1.54) is 0 Å². The summed E-state index contributed by atoms with van der Waals surface area (Å²) in [4.78, 5) is 0. The Bertz CT molecular complexity index is 562. The first-order valence-electron chi connectivity index (χ1n) is 5.92. The third-order valence-electron chi connectivity index (χ3n) is 3.19. The Balaban J connectivity index is 1.95. The number of rotatable bonds is 2. The Morgan fingerprint density at radius 3 is 2.94 bits per heavy atom. The standard InChI is InChI=1S/C14H13BrO3/c15-14-11(5-7-18-14)13(16)10-3-4-12-9(8-10)2-1-6-17-12/h3-5,7-8,13,16H,1-2,6H2. The average Bonchev–Trinajstić information content (AvgIpc) is 2.83. The van der Waals surface area contributed by atoms with Gasteiger partial charge in [0.2, 0.25) is 0 Å². The molecule has 1 atom stereocenters. The number of hydrogen-bond donors (Lipinski definition) is 1. The highest BCUT2D eigenvalue weighted by atomic mass is 79.9. The molecule has 2 heterocycles. The molecule has 4 heteroatoms. The van der Waals surface area contributed by atoms with E-state index in [2.05, 4.69) is 15.9 Å². The minimum atomic E-state index is -0.676. The molecule has 3 rings (SSSR count). The Morgan fingerprint density at radius 1 is 1.28 bits per heavy atom. The maximum Gasteiger partial charge on any atom is 0.175 e. The molecule has 18 heavy (non-hydrogen) atoms. The Kier molecular flexibility index (Phi) is 3.14. The van der Waals surface area contributed by atoms with Crippen LogP contribution in [0.5, 0.6) is 5.75 Å². The molecule has 94 valence electrons. The number of furan rings is 1. The van der Waals surface area contributed by atoms with E-state index in [0.717, 1.165) is 41.9 Å². The van der Waals surface area contributed by atoms with Gasteiger partial charge in [0.15, 0.2) is 4.67 Å². The molecule has 2 aromatic rings. The van der Waals surface area contributed by atoms with Crippen LogP contribution in [0.15, 0.2) is 39.6 Å². The highest BCUT2D eigenvalue weighted by molar-refractivity contribution is 9.10. The van der Waals surface area contributed by atoms with Gasteiger partial charge < -0.3 is 14.3 Å². The van der Waals surface area contributed by atoms with Crippen molar-refractivity contribution in [1.82, 2.24) is 0 Å². The summed E-state index contributed by atoms with van der Waals surface area (Å²) in [5.74, 6) is 0.934. The highest BCUT2D eigenvalue weighted by Crippen LogP contribution is 2.33. The fourth-order valence-corrected chi connectivity index (χ4v) is 2.69. The van der Waals surface area contributed by atoms with Crippen LogP contribution in [0, 0.1) is 0 Å². The zero-order valence-electron chi connectivity index (χ0n) is 9.73. The summed E-state index contributed by atoms with van der Waals surface area (Å²) in [5, 5.41) is 10.3. The first-order chi connectivity index (χ1) is 8.75. The fourth-order valence-electron chi connectivity index (χ4n) is 2.23. The summed E-state index contributed by atoms with van der Waals surface area (Å²) in [6.07, 6.45) is 2.92. The van der Waals surface area contributed by atoms with Crippen molar-refractivity contribution in [3.63, 3.8) is 0 Å². The van der Waals surface area contributed by atoms with Gasteiger partial charge in [0, 0.05) is 5.56 Å². The Labute approximate surface area is 114 Å². The number of aliphatic hydroxyl groups excluding tert-OH is 1. The molecule has 1 N–H and O–H groups in total. The van der Waals surface area contributed by atoms with Crippen LogP contribution in [-0.2, 0) is 6.42 Å². The van der Waals surface area contributed by atoms with Crippen LogP contribution in [0.25, 0.3) is 0 Å². The molecule has 0 bridgehead atoms. The summed E-state index contributed by atoms with van der Waals surface area (Å²) < 4.78 is 11.3. The van der Waals surface area contributed by atoms with Crippen molar-refractivity contribution < 1.29 is 14.3 Å². The van der Waals surface area contributed by atoms with Gasteiger partial charge in [0.1, 0.15) is 11.9 Å². The third kappa shape index (κ3) is 2.06. The molecule has 0 fully saturated rings. The van der Waals surface area contributed by atoms with Crippen molar-refractivity contribution in [3.05, 3.63) is 51.9 Å². The van der Waals surface area contributed by atoms with E-state index in [4.69, 9.17) is 9.15 Å². The average molecular weight is 309 g/mol. The zero-order valence-corrected chi connectivity index (χ0v) is 11.3. The number of fused-ring (bicyclic) bond motifs is 1. The second-order valence-corrected chi connectivity index (χ2v) is 5.09. The molecule has 0 spiro atoms. The molecule has 0 saturated carbocycles. The Hall–Kier alpha value is -1.26. The predicted octanol–water partition coefficient (Wildman–Crippen LogP) is 3.45. The van der Waals surface area contributed by atoms with Crippen molar-refractivity contribution >= 4 is 15.9 Å². The van der Waals surface area contributed by atoms with Crippen LogP contribution < -0.4 is 4.74 Å². The van der Waals surface area contributed by atoms with Crippen molar-refractivity contribution in [1.29, 1.82) is 0 Å². The molecular formula is C14H13BrO3. The molecule has 1 aliphatic rings. The van der Waals surface area contributed by atoms with Gasteiger partial charge in [-0.3, -0.25) is 0 Å². The number of halogens is 1.